The number of benzene rings is 1. The molecule has 1 aromatic rings. The minimum Gasteiger partial charge on any atom is -0.396 e. The van der Waals surface area contributed by atoms with Crippen molar-refractivity contribution in [2.24, 2.45) is 5.92 Å². The SMILES string of the molecule is O=C1CC(CO)CN1Cc1c(F)cccc1C(F)(F)F. The first-order chi connectivity index (χ1) is 9.32. The summed E-state index contributed by atoms with van der Waals surface area (Å²) < 4.78 is 52.1. The summed E-state index contributed by atoms with van der Waals surface area (Å²) in [5.74, 6) is -1.66. The van der Waals surface area contributed by atoms with Crippen LogP contribution in [-0.2, 0) is 17.5 Å². The summed E-state index contributed by atoms with van der Waals surface area (Å²) in [5, 5.41) is 8.97. The predicted octanol–water partition coefficient (Wildman–Crippen LogP) is 2.19. The molecule has 1 atom stereocenters. The number of carbonyl (C=O) groups is 1. The molecule has 20 heavy (non-hydrogen) atoms. The third-order valence-corrected chi connectivity index (χ3v) is 3.33. The Kier molecular flexibility index (Phi) is 3.99. The normalized spacial score (nSPS) is 19.8. The highest BCUT2D eigenvalue weighted by Crippen LogP contribution is 2.34. The lowest BCUT2D eigenvalue weighted by molar-refractivity contribution is -0.139. The van der Waals surface area contributed by atoms with Crippen molar-refractivity contribution in [3.05, 3.63) is 35.1 Å². The van der Waals surface area contributed by atoms with Crippen LogP contribution in [0.25, 0.3) is 0 Å². The van der Waals surface area contributed by atoms with E-state index in [2.05, 4.69) is 0 Å². The monoisotopic (exact) mass is 291 g/mol. The van der Waals surface area contributed by atoms with E-state index in [4.69, 9.17) is 5.11 Å². The Hall–Kier alpha value is -1.63. The molecule has 0 aliphatic carbocycles. The fraction of sp³-hybridized carbons (Fsp3) is 0.462. The first-order valence-corrected chi connectivity index (χ1v) is 6.06. The quantitative estimate of drug-likeness (QED) is 0.867. The molecular weight excluding hydrogens is 278 g/mol. The number of nitrogens with zero attached hydrogens (tertiary/aromatic N) is 1. The van der Waals surface area contributed by atoms with Crippen molar-refractivity contribution >= 4 is 5.91 Å². The number of rotatable bonds is 3. The Balaban J connectivity index is 2.28. The lowest BCUT2D eigenvalue weighted by Crippen LogP contribution is -2.27. The molecule has 0 saturated carbocycles. The fourth-order valence-corrected chi connectivity index (χ4v) is 2.30. The Morgan fingerprint density at radius 3 is 2.60 bits per heavy atom. The zero-order valence-corrected chi connectivity index (χ0v) is 10.5. The molecule has 1 unspecified atom stereocenters. The van der Waals surface area contributed by atoms with Crippen molar-refractivity contribution in [2.75, 3.05) is 13.2 Å². The van der Waals surface area contributed by atoms with Crippen LogP contribution < -0.4 is 0 Å². The summed E-state index contributed by atoms with van der Waals surface area (Å²) >= 11 is 0. The van der Waals surface area contributed by atoms with Crippen molar-refractivity contribution in [3.63, 3.8) is 0 Å². The van der Waals surface area contributed by atoms with Crippen molar-refractivity contribution in [1.82, 2.24) is 4.90 Å². The molecule has 0 spiro atoms. The van der Waals surface area contributed by atoms with Gasteiger partial charge in [-0.2, -0.15) is 13.2 Å². The zero-order valence-electron chi connectivity index (χ0n) is 10.5. The van der Waals surface area contributed by atoms with Crippen molar-refractivity contribution < 1.29 is 27.5 Å². The number of halogens is 4. The van der Waals surface area contributed by atoms with Gasteiger partial charge in [0.15, 0.2) is 0 Å². The molecule has 1 fully saturated rings. The third kappa shape index (κ3) is 2.92. The Morgan fingerprint density at radius 2 is 2.05 bits per heavy atom. The zero-order chi connectivity index (χ0) is 14.9. The number of hydrogen-bond acceptors (Lipinski definition) is 2. The largest absolute Gasteiger partial charge is 0.416 e. The fourth-order valence-electron chi connectivity index (χ4n) is 2.30. The van der Waals surface area contributed by atoms with Gasteiger partial charge >= 0.3 is 6.18 Å². The van der Waals surface area contributed by atoms with Gasteiger partial charge in [-0.15, -0.1) is 0 Å². The molecule has 1 aliphatic rings. The molecular formula is C13H13F4NO2. The number of aliphatic hydroxyl groups excluding tert-OH is 1. The maximum absolute atomic E-state index is 13.7. The minimum atomic E-state index is -4.67. The van der Waals surface area contributed by atoms with E-state index >= 15 is 0 Å². The van der Waals surface area contributed by atoms with Gasteiger partial charge in [0.1, 0.15) is 5.82 Å². The summed E-state index contributed by atoms with van der Waals surface area (Å²) in [5.41, 5.74) is -1.61. The average Bonchev–Trinajstić information content (AvgIpc) is 2.71. The summed E-state index contributed by atoms with van der Waals surface area (Å²) in [6.45, 7) is -0.510. The van der Waals surface area contributed by atoms with Crippen LogP contribution in [0.15, 0.2) is 18.2 Å². The summed E-state index contributed by atoms with van der Waals surface area (Å²) in [6.07, 6.45) is -4.59. The van der Waals surface area contributed by atoms with Crippen LogP contribution in [0.1, 0.15) is 17.5 Å². The average molecular weight is 291 g/mol. The van der Waals surface area contributed by atoms with Crippen molar-refractivity contribution in [1.29, 1.82) is 0 Å². The van der Waals surface area contributed by atoms with Crippen LogP contribution >= 0.6 is 0 Å². The van der Waals surface area contributed by atoms with Gasteiger partial charge in [0.25, 0.3) is 0 Å². The maximum Gasteiger partial charge on any atom is 0.416 e. The lowest BCUT2D eigenvalue weighted by Gasteiger charge is -2.20. The number of alkyl halides is 3. The van der Waals surface area contributed by atoms with Crippen LogP contribution in [0.5, 0.6) is 0 Å². The summed E-state index contributed by atoms with van der Waals surface area (Å²) in [7, 11) is 0. The van der Waals surface area contributed by atoms with E-state index in [1.807, 2.05) is 0 Å². The first kappa shape index (κ1) is 14.8. The Labute approximate surface area is 112 Å². The molecule has 1 aromatic carbocycles. The van der Waals surface area contributed by atoms with Crippen LogP contribution in [0.4, 0.5) is 17.6 Å². The summed E-state index contributed by atoms with van der Waals surface area (Å²) in [6, 6.07) is 2.72. The molecule has 2 rings (SSSR count). The van der Waals surface area contributed by atoms with Crippen molar-refractivity contribution in [3.8, 4) is 0 Å². The molecule has 0 radical (unpaired) electrons. The highest BCUT2D eigenvalue weighted by molar-refractivity contribution is 5.78. The van der Waals surface area contributed by atoms with Crippen LogP contribution in [0.2, 0.25) is 0 Å². The van der Waals surface area contributed by atoms with Crippen LogP contribution in [-0.4, -0.2) is 29.1 Å². The summed E-state index contributed by atoms with van der Waals surface area (Å²) in [4.78, 5) is 12.8. The number of likely N-dealkylation sites (tertiary alicyclic amines) is 1. The van der Waals surface area contributed by atoms with Gasteiger partial charge in [-0.1, -0.05) is 6.07 Å². The van der Waals surface area contributed by atoms with Crippen molar-refractivity contribution in [2.45, 2.75) is 19.1 Å². The molecule has 1 heterocycles. The Morgan fingerprint density at radius 1 is 1.35 bits per heavy atom. The number of carbonyl (C=O) groups excluding carboxylic acids is 1. The van der Waals surface area contributed by atoms with E-state index in [0.717, 1.165) is 23.1 Å². The molecule has 0 bridgehead atoms. The second-order valence-electron chi connectivity index (χ2n) is 4.79. The van der Waals surface area contributed by atoms with Crippen LogP contribution in [0.3, 0.4) is 0 Å². The molecule has 1 saturated heterocycles. The second kappa shape index (κ2) is 5.40. The standard InChI is InChI=1S/C13H13F4NO2/c14-11-3-1-2-10(13(15,16)17)9(11)6-18-5-8(7-19)4-12(18)20/h1-3,8,19H,4-7H2. The molecule has 3 nitrogen and oxygen atoms in total. The van der Waals surface area contributed by atoms with Gasteiger partial charge in [0.05, 0.1) is 5.56 Å². The van der Waals surface area contributed by atoms with Gasteiger partial charge in [0.2, 0.25) is 5.91 Å². The second-order valence-corrected chi connectivity index (χ2v) is 4.79. The van der Waals surface area contributed by atoms with Gasteiger partial charge in [-0.05, 0) is 12.1 Å². The Bertz CT molecular complexity index is 516. The van der Waals surface area contributed by atoms with Gasteiger partial charge < -0.3 is 10.0 Å². The van der Waals surface area contributed by atoms with E-state index in [1.54, 1.807) is 0 Å². The number of aliphatic hydroxyl groups is 1. The molecule has 0 aromatic heterocycles. The minimum absolute atomic E-state index is 0.0757. The van der Waals surface area contributed by atoms with E-state index in [9.17, 15) is 22.4 Å². The topological polar surface area (TPSA) is 40.5 Å². The third-order valence-electron chi connectivity index (χ3n) is 3.33. The smallest absolute Gasteiger partial charge is 0.396 e. The van der Waals surface area contributed by atoms with Crippen LogP contribution in [0, 0.1) is 11.7 Å². The lowest BCUT2D eigenvalue weighted by atomic mass is 10.1. The predicted molar refractivity (Wildman–Crippen MR) is 62.0 cm³/mol. The van der Waals surface area contributed by atoms with Gasteiger partial charge in [-0.25, -0.2) is 4.39 Å². The van der Waals surface area contributed by atoms with Gasteiger partial charge in [-0.3, -0.25) is 4.79 Å². The van der Waals surface area contributed by atoms with E-state index in [0.29, 0.717) is 0 Å². The van der Waals surface area contributed by atoms with E-state index in [1.165, 1.54) is 0 Å². The highest BCUT2D eigenvalue weighted by Gasteiger charge is 2.36. The molecule has 1 N–H and O–H groups in total. The van der Waals surface area contributed by atoms with E-state index < -0.39 is 29.7 Å². The maximum atomic E-state index is 13.7. The number of hydrogen-bond donors (Lipinski definition) is 1. The highest BCUT2D eigenvalue weighted by atomic mass is 19.4. The molecule has 1 aliphatic heterocycles. The molecule has 7 heteroatoms. The van der Waals surface area contributed by atoms with Gasteiger partial charge in [0, 0.05) is 37.6 Å². The molecule has 110 valence electrons. The first-order valence-electron chi connectivity index (χ1n) is 6.06. The molecule has 1 amide bonds. The van der Waals surface area contributed by atoms with E-state index in [-0.39, 0.29) is 31.4 Å². The number of amides is 1.